The molecule has 3 rings (SSSR count). The van der Waals surface area contributed by atoms with Gasteiger partial charge in [-0.1, -0.05) is 11.6 Å². The van der Waals surface area contributed by atoms with Crippen LogP contribution in [0.5, 0.6) is 0 Å². The third kappa shape index (κ3) is 4.04. The van der Waals surface area contributed by atoms with Gasteiger partial charge in [0.1, 0.15) is 5.82 Å². The first-order valence-corrected chi connectivity index (χ1v) is 8.91. The zero-order chi connectivity index (χ0) is 17.9. The van der Waals surface area contributed by atoms with Crippen molar-refractivity contribution < 1.29 is 12.8 Å². The second kappa shape index (κ2) is 7.04. The average molecular weight is 379 g/mol. The molecule has 2 N–H and O–H groups in total. The molecule has 1 heterocycles. The monoisotopic (exact) mass is 378 g/mol. The summed E-state index contributed by atoms with van der Waals surface area (Å²) in [5.74, 6) is -0.353. The van der Waals surface area contributed by atoms with E-state index >= 15 is 0 Å². The Morgan fingerprint density at radius 3 is 2.48 bits per heavy atom. The van der Waals surface area contributed by atoms with Gasteiger partial charge in [0.15, 0.2) is 0 Å². The molecule has 2 aromatic carbocycles. The molecule has 0 saturated heterocycles. The van der Waals surface area contributed by atoms with Crippen LogP contribution in [0.3, 0.4) is 0 Å². The van der Waals surface area contributed by atoms with Crippen LogP contribution in [0.4, 0.5) is 4.39 Å². The van der Waals surface area contributed by atoms with Crippen molar-refractivity contribution in [3.8, 4) is 11.3 Å². The van der Waals surface area contributed by atoms with Gasteiger partial charge >= 0.3 is 0 Å². The molecule has 0 aliphatic heterocycles. The summed E-state index contributed by atoms with van der Waals surface area (Å²) in [7, 11) is -3.80. The maximum absolute atomic E-state index is 13.0. The molecule has 25 heavy (non-hydrogen) atoms. The smallest absolute Gasteiger partial charge is 0.276 e. The average Bonchev–Trinajstić information content (AvgIpc) is 3.04. The van der Waals surface area contributed by atoms with E-state index in [-0.39, 0.29) is 10.7 Å². The highest BCUT2D eigenvalue weighted by Crippen LogP contribution is 2.20. The lowest BCUT2D eigenvalue weighted by Crippen LogP contribution is -2.18. The van der Waals surface area contributed by atoms with Crippen LogP contribution in [0, 0.1) is 5.82 Å². The number of H-pyrrole nitrogens is 1. The standard InChI is InChI=1S/C16H12ClFN4O2S/c17-13-3-7-15(8-4-13)25(23,24)22-20-10-12-9-19-21-16(12)11-1-5-14(18)6-2-11/h1-10,22H,(H,19,21)/b20-10+. The first kappa shape index (κ1) is 17.1. The van der Waals surface area contributed by atoms with Crippen LogP contribution in [0.2, 0.25) is 5.02 Å². The minimum absolute atomic E-state index is 0.0417. The summed E-state index contributed by atoms with van der Waals surface area (Å²) in [5.41, 5.74) is 1.83. The maximum atomic E-state index is 13.0. The Bertz CT molecular complexity index is 999. The molecule has 0 bridgehead atoms. The molecule has 1 aromatic heterocycles. The summed E-state index contributed by atoms with van der Waals surface area (Å²) in [6, 6.07) is 11.5. The van der Waals surface area contributed by atoms with Crippen molar-refractivity contribution in [1.82, 2.24) is 15.0 Å². The Morgan fingerprint density at radius 2 is 1.80 bits per heavy atom. The quantitative estimate of drug-likeness (QED) is 0.528. The number of hydrogen-bond acceptors (Lipinski definition) is 4. The topological polar surface area (TPSA) is 87.2 Å². The number of aromatic amines is 1. The third-order valence-corrected chi connectivity index (χ3v) is 4.79. The van der Waals surface area contributed by atoms with Crippen molar-refractivity contribution in [2.45, 2.75) is 4.90 Å². The fourth-order valence-electron chi connectivity index (χ4n) is 2.07. The van der Waals surface area contributed by atoms with Crippen LogP contribution in [-0.2, 0) is 10.0 Å². The predicted octanol–water partition coefficient (Wildman–Crippen LogP) is 3.18. The fourth-order valence-corrected chi connectivity index (χ4v) is 2.99. The van der Waals surface area contributed by atoms with Gasteiger partial charge in [-0.15, -0.1) is 0 Å². The molecule has 0 unspecified atom stereocenters. The zero-order valence-corrected chi connectivity index (χ0v) is 14.2. The highest BCUT2D eigenvalue weighted by Gasteiger charge is 2.12. The lowest BCUT2D eigenvalue weighted by Gasteiger charge is -2.03. The minimum atomic E-state index is -3.80. The van der Waals surface area contributed by atoms with Crippen molar-refractivity contribution in [2.75, 3.05) is 0 Å². The van der Waals surface area contributed by atoms with Crippen LogP contribution < -0.4 is 4.83 Å². The van der Waals surface area contributed by atoms with Gasteiger partial charge in [0.05, 0.1) is 23.0 Å². The van der Waals surface area contributed by atoms with Crippen molar-refractivity contribution in [3.63, 3.8) is 0 Å². The Morgan fingerprint density at radius 1 is 1.12 bits per heavy atom. The number of sulfonamides is 1. The van der Waals surface area contributed by atoms with E-state index < -0.39 is 10.0 Å². The van der Waals surface area contributed by atoms with Crippen LogP contribution in [0.15, 0.2) is 64.7 Å². The minimum Gasteiger partial charge on any atom is -0.277 e. The largest absolute Gasteiger partial charge is 0.277 e. The van der Waals surface area contributed by atoms with Crippen molar-refractivity contribution in [3.05, 3.63) is 71.1 Å². The van der Waals surface area contributed by atoms with Gasteiger partial charge in [-0.3, -0.25) is 5.10 Å². The van der Waals surface area contributed by atoms with E-state index in [0.717, 1.165) is 0 Å². The summed E-state index contributed by atoms with van der Waals surface area (Å²) < 4.78 is 37.3. The first-order chi connectivity index (χ1) is 12.0. The molecule has 0 amide bonds. The van der Waals surface area contributed by atoms with Gasteiger partial charge in [-0.2, -0.15) is 18.6 Å². The molecule has 0 radical (unpaired) electrons. The van der Waals surface area contributed by atoms with Crippen molar-refractivity contribution >= 4 is 27.8 Å². The predicted molar refractivity (Wildman–Crippen MR) is 93.3 cm³/mol. The number of benzene rings is 2. The molecule has 9 heteroatoms. The fraction of sp³-hybridized carbons (Fsp3) is 0. The summed E-state index contributed by atoms with van der Waals surface area (Å²) in [5, 5.41) is 10.9. The van der Waals surface area contributed by atoms with Crippen LogP contribution in [0.1, 0.15) is 5.56 Å². The Labute approximate surface area is 148 Å². The van der Waals surface area contributed by atoms with Crippen LogP contribution in [0.25, 0.3) is 11.3 Å². The van der Waals surface area contributed by atoms with Gasteiger partial charge in [-0.05, 0) is 48.5 Å². The third-order valence-electron chi connectivity index (χ3n) is 3.30. The Hall–Kier alpha value is -2.71. The lowest BCUT2D eigenvalue weighted by molar-refractivity contribution is 0.584. The van der Waals surface area contributed by atoms with Gasteiger partial charge < -0.3 is 0 Å². The molecule has 0 atom stereocenters. The van der Waals surface area contributed by atoms with E-state index in [0.29, 0.717) is 21.8 Å². The summed E-state index contributed by atoms with van der Waals surface area (Å²) >= 11 is 5.74. The molecular formula is C16H12ClFN4O2S. The number of halogens is 2. The molecular weight excluding hydrogens is 367 g/mol. The van der Waals surface area contributed by atoms with Crippen molar-refractivity contribution in [1.29, 1.82) is 0 Å². The van der Waals surface area contributed by atoms with E-state index in [1.165, 1.54) is 48.8 Å². The SMILES string of the molecule is O=S(=O)(N/N=C/c1cn[nH]c1-c1ccc(F)cc1)c1ccc(Cl)cc1. The summed E-state index contributed by atoms with van der Waals surface area (Å²) in [4.78, 5) is 2.16. The number of rotatable bonds is 5. The molecule has 3 aromatic rings. The molecule has 0 spiro atoms. The van der Waals surface area contributed by atoms with Gasteiger partial charge in [0.25, 0.3) is 10.0 Å². The van der Waals surface area contributed by atoms with E-state index in [4.69, 9.17) is 11.6 Å². The number of nitrogens with one attached hydrogen (secondary N) is 2. The van der Waals surface area contributed by atoms with Gasteiger partial charge in [0, 0.05) is 16.1 Å². The highest BCUT2D eigenvalue weighted by atomic mass is 35.5. The molecule has 0 saturated carbocycles. The van der Waals surface area contributed by atoms with Crippen LogP contribution in [-0.4, -0.2) is 24.8 Å². The van der Waals surface area contributed by atoms with Gasteiger partial charge in [-0.25, -0.2) is 9.22 Å². The summed E-state index contributed by atoms with van der Waals surface area (Å²) in [6.45, 7) is 0. The second-order valence-electron chi connectivity index (χ2n) is 5.01. The maximum Gasteiger partial charge on any atom is 0.276 e. The normalized spacial score (nSPS) is 11.8. The van der Waals surface area contributed by atoms with E-state index in [9.17, 15) is 12.8 Å². The highest BCUT2D eigenvalue weighted by molar-refractivity contribution is 7.89. The molecule has 128 valence electrons. The number of nitrogens with zero attached hydrogens (tertiary/aromatic N) is 2. The Balaban J connectivity index is 1.78. The second-order valence-corrected chi connectivity index (χ2v) is 7.11. The molecule has 0 fully saturated rings. The first-order valence-electron chi connectivity index (χ1n) is 7.05. The summed E-state index contributed by atoms with van der Waals surface area (Å²) in [6.07, 6.45) is 2.80. The van der Waals surface area contributed by atoms with E-state index in [1.54, 1.807) is 12.1 Å². The molecule has 0 aliphatic rings. The lowest BCUT2D eigenvalue weighted by atomic mass is 10.1. The van der Waals surface area contributed by atoms with E-state index in [2.05, 4.69) is 20.1 Å². The van der Waals surface area contributed by atoms with E-state index in [1.807, 2.05) is 0 Å². The number of hydrazone groups is 1. The molecule has 6 nitrogen and oxygen atoms in total. The number of hydrogen-bond donors (Lipinski definition) is 2. The van der Waals surface area contributed by atoms with Crippen LogP contribution >= 0.6 is 11.6 Å². The van der Waals surface area contributed by atoms with Crippen molar-refractivity contribution in [2.24, 2.45) is 5.10 Å². The molecule has 0 aliphatic carbocycles. The van der Waals surface area contributed by atoms with Gasteiger partial charge in [0.2, 0.25) is 0 Å². The number of aromatic nitrogens is 2. The Kier molecular flexibility index (Phi) is 4.82. The zero-order valence-electron chi connectivity index (χ0n) is 12.6.